The van der Waals surface area contributed by atoms with E-state index in [1.54, 1.807) is 10.7 Å². The van der Waals surface area contributed by atoms with Gasteiger partial charge in [0.05, 0.1) is 6.20 Å². The number of amides is 1. The van der Waals surface area contributed by atoms with E-state index in [0.717, 1.165) is 48.4 Å². The van der Waals surface area contributed by atoms with Gasteiger partial charge in [-0.2, -0.15) is 5.10 Å². The van der Waals surface area contributed by atoms with Crippen LogP contribution in [0.3, 0.4) is 0 Å². The Morgan fingerprint density at radius 1 is 1.17 bits per heavy atom. The molecule has 0 atom stereocenters. The van der Waals surface area contributed by atoms with Crippen LogP contribution in [-0.2, 0) is 0 Å². The maximum Gasteiger partial charge on any atom is 0.257 e. The summed E-state index contributed by atoms with van der Waals surface area (Å²) in [5.41, 5.74) is 3.24. The van der Waals surface area contributed by atoms with Gasteiger partial charge < -0.3 is 5.32 Å². The summed E-state index contributed by atoms with van der Waals surface area (Å²) in [5.74, 6) is 2.47. The minimum absolute atomic E-state index is 0.00412. The van der Waals surface area contributed by atoms with E-state index in [0.29, 0.717) is 11.2 Å². The lowest BCUT2D eigenvalue weighted by atomic mass is 9.53. The summed E-state index contributed by atoms with van der Waals surface area (Å²) in [6, 6.07) is 1.99. The minimum Gasteiger partial charge on any atom is -0.346 e. The lowest BCUT2D eigenvalue weighted by Crippen LogP contribution is -2.59. The van der Waals surface area contributed by atoms with Gasteiger partial charge in [-0.1, -0.05) is 0 Å². The molecule has 5 nitrogen and oxygen atoms in total. The number of carbonyl (C=O) groups is 1. The van der Waals surface area contributed by atoms with Crippen LogP contribution in [0.15, 0.2) is 12.3 Å². The Bertz CT molecular complexity index is 802. The SMILES string of the molecule is Cc1cc(C)n2ncc(C(=O)NC34CC5CC(CC(C5)C3)C4)c2n1. The predicted octanol–water partition coefficient (Wildman–Crippen LogP) is 3.04. The molecule has 0 aliphatic heterocycles. The number of aromatic nitrogens is 3. The van der Waals surface area contributed by atoms with Crippen LogP contribution in [0.5, 0.6) is 0 Å². The zero-order valence-electron chi connectivity index (χ0n) is 14.4. The third-order valence-electron chi connectivity index (χ3n) is 6.44. The van der Waals surface area contributed by atoms with Gasteiger partial charge in [0.25, 0.3) is 5.91 Å². The second-order valence-electron chi connectivity index (χ2n) is 8.48. The van der Waals surface area contributed by atoms with Crippen molar-refractivity contribution in [3.05, 3.63) is 29.2 Å². The van der Waals surface area contributed by atoms with Crippen LogP contribution < -0.4 is 5.32 Å². The van der Waals surface area contributed by atoms with Crippen molar-refractivity contribution in [2.24, 2.45) is 17.8 Å². The van der Waals surface area contributed by atoms with Crippen LogP contribution in [0.2, 0.25) is 0 Å². The second kappa shape index (κ2) is 4.80. The van der Waals surface area contributed by atoms with E-state index in [4.69, 9.17) is 0 Å². The zero-order valence-corrected chi connectivity index (χ0v) is 14.4. The predicted molar refractivity (Wildman–Crippen MR) is 90.8 cm³/mol. The summed E-state index contributed by atoms with van der Waals surface area (Å²) in [4.78, 5) is 17.6. The Labute approximate surface area is 141 Å². The summed E-state index contributed by atoms with van der Waals surface area (Å²) in [5, 5.41) is 7.79. The van der Waals surface area contributed by atoms with Crippen LogP contribution in [-0.4, -0.2) is 26.0 Å². The Morgan fingerprint density at radius 3 is 2.42 bits per heavy atom. The van der Waals surface area contributed by atoms with Crippen LogP contribution in [0, 0.1) is 31.6 Å². The first-order chi connectivity index (χ1) is 11.5. The topological polar surface area (TPSA) is 59.3 Å². The van der Waals surface area contributed by atoms with Crippen LogP contribution >= 0.6 is 0 Å². The van der Waals surface area contributed by atoms with Gasteiger partial charge in [0.2, 0.25) is 0 Å². The molecule has 0 spiro atoms. The molecule has 2 heterocycles. The minimum atomic E-state index is 0.00412. The van der Waals surface area contributed by atoms with Crippen LogP contribution in [0.1, 0.15) is 60.3 Å². The Hall–Kier alpha value is -1.91. The van der Waals surface area contributed by atoms with E-state index < -0.39 is 0 Å². The van der Waals surface area contributed by atoms with E-state index >= 15 is 0 Å². The molecule has 126 valence electrons. The van der Waals surface area contributed by atoms with Crippen molar-refractivity contribution < 1.29 is 4.79 Å². The van der Waals surface area contributed by atoms with Gasteiger partial charge in [-0.15, -0.1) is 0 Å². The van der Waals surface area contributed by atoms with Crippen LogP contribution in [0.25, 0.3) is 5.65 Å². The molecule has 6 rings (SSSR count). The van der Waals surface area contributed by atoms with E-state index in [-0.39, 0.29) is 11.4 Å². The maximum atomic E-state index is 13.0. The summed E-state index contributed by atoms with van der Waals surface area (Å²) in [6.45, 7) is 3.95. The summed E-state index contributed by atoms with van der Waals surface area (Å²) < 4.78 is 1.77. The number of aryl methyl sites for hydroxylation is 2. The first-order valence-electron chi connectivity index (χ1n) is 9.16. The fraction of sp³-hybridized carbons (Fsp3) is 0.632. The van der Waals surface area contributed by atoms with Gasteiger partial charge in [0.1, 0.15) is 5.56 Å². The monoisotopic (exact) mass is 324 g/mol. The fourth-order valence-electron chi connectivity index (χ4n) is 6.00. The van der Waals surface area contributed by atoms with Gasteiger partial charge >= 0.3 is 0 Å². The molecule has 5 heteroatoms. The van der Waals surface area contributed by atoms with Crippen molar-refractivity contribution in [2.75, 3.05) is 0 Å². The molecule has 0 saturated heterocycles. The third-order valence-corrected chi connectivity index (χ3v) is 6.44. The molecule has 4 saturated carbocycles. The standard InChI is InChI=1S/C19H24N4O/c1-11-3-12(2)23-17(21-11)16(10-20-23)18(24)22-19-7-13-4-14(8-19)6-15(5-13)9-19/h3,10,13-15H,4-9H2,1-2H3,(H,22,24). The highest BCUT2D eigenvalue weighted by Crippen LogP contribution is 2.55. The lowest BCUT2D eigenvalue weighted by Gasteiger charge is -2.56. The molecule has 1 amide bonds. The number of nitrogens with zero attached hydrogens (tertiary/aromatic N) is 3. The maximum absolute atomic E-state index is 13.0. The van der Waals surface area contributed by atoms with E-state index in [9.17, 15) is 4.79 Å². The Balaban J connectivity index is 1.47. The van der Waals surface area contributed by atoms with Crippen molar-refractivity contribution in [3.8, 4) is 0 Å². The Morgan fingerprint density at radius 2 is 1.79 bits per heavy atom. The molecular formula is C19H24N4O. The quantitative estimate of drug-likeness (QED) is 0.923. The van der Waals surface area contributed by atoms with Crippen LogP contribution in [0.4, 0.5) is 0 Å². The zero-order chi connectivity index (χ0) is 16.5. The number of hydrogen-bond donors (Lipinski definition) is 1. The fourth-order valence-corrected chi connectivity index (χ4v) is 6.00. The summed E-state index contributed by atoms with van der Waals surface area (Å²) in [6.07, 6.45) is 9.30. The highest BCUT2D eigenvalue weighted by Gasteiger charge is 2.51. The van der Waals surface area contributed by atoms with Gasteiger partial charge in [-0.05, 0) is 76.2 Å². The second-order valence-corrected chi connectivity index (χ2v) is 8.48. The Kier molecular flexibility index (Phi) is 2.89. The molecule has 0 aromatic carbocycles. The van der Waals surface area contributed by atoms with Gasteiger partial charge in [0.15, 0.2) is 5.65 Å². The van der Waals surface area contributed by atoms with E-state index in [1.165, 1.54) is 19.3 Å². The number of carbonyl (C=O) groups excluding carboxylic acids is 1. The molecule has 2 aromatic rings. The number of fused-ring (bicyclic) bond motifs is 1. The molecule has 1 N–H and O–H groups in total. The largest absolute Gasteiger partial charge is 0.346 e. The van der Waals surface area contributed by atoms with Gasteiger partial charge in [-0.3, -0.25) is 4.79 Å². The molecule has 24 heavy (non-hydrogen) atoms. The lowest BCUT2D eigenvalue weighted by molar-refractivity contribution is -0.0166. The average molecular weight is 324 g/mol. The average Bonchev–Trinajstić information content (AvgIpc) is 2.89. The number of hydrogen-bond acceptors (Lipinski definition) is 3. The van der Waals surface area contributed by atoms with Gasteiger partial charge in [0, 0.05) is 16.9 Å². The third kappa shape index (κ3) is 2.10. The molecular weight excluding hydrogens is 300 g/mol. The summed E-state index contributed by atoms with van der Waals surface area (Å²) in [7, 11) is 0. The van der Waals surface area contributed by atoms with Crippen molar-refractivity contribution in [1.29, 1.82) is 0 Å². The molecule has 4 aliphatic carbocycles. The van der Waals surface area contributed by atoms with E-state index in [2.05, 4.69) is 15.4 Å². The molecule has 4 aliphatic rings. The van der Waals surface area contributed by atoms with Crippen molar-refractivity contribution in [1.82, 2.24) is 19.9 Å². The number of nitrogens with one attached hydrogen (secondary N) is 1. The normalized spacial score (nSPS) is 34.0. The molecule has 0 unspecified atom stereocenters. The van der Waals surface area contributed by atoms with E-state index in [1.807, 2.05) is 19.9 Å². The summed E-state index contributed by atoms with van der Waals surface area (Å²) >= 11 is 0. The van der Waals surface area contributed by atoms with Gasteiger partial charge in [-0.25, -0.2) is 9.50 Å². The first kappa shape index (κ1) is 14.4. The van der Waals surface area contributed by atoms with Crippen molar-refractivity contribution >= 4 is 11.6 Å². The molecule has 4 fully saturated rings. The number of rotatable bonds is 2. The molecule has 4 bridgehead atoms. The van der Waals surface area contributed by atoms with Crippen molar-refractivity contribution in [3.63, 3.8) is 0 Å². The smallest absolute Gasteiger partial charge is 0.257 e. The highest BCUT2D eigenvalue weighted by atomic mass is 16.1. The highest BCUT2D eigenvalue weighted by molar-refractivity contribution is 6.00. The van der Waals surface area contributed by atoms with Crippen molar-refractivity contribution in [2.45, 2.75) is 57.9 Å². The molecule has 0 radical (unpaired) electrons. The molecule has 2 aromatic heterocycles. The first-order valence-corrected chi connectivity index (χ1v) is 9.16.